The number of rotatable bonds is 8. The molecule has 1 aliphatic heterocycles. The average molecular weight is 570 g/mol. The van der Waals surface area contributed by atoms with Crippen LogP contribution in [0.5, 0.6) is 5.75 Å². The Hall–Kier alpha value is -4.32. The minimum Gasteiger partial charge on any atom is -0.497 e. The summed E-state index contributed by atoms with van der Waals surface area (Å²) in [6.45, 7) is 3.99. The zero-order chi connectivity index (χ0) is 28.4. The topological polar surface area (TPSA) is 105 Å². The minimum absolute atomic E-state index is 0.103. The summed E-state index contributed by atoms with van der Waals surface area (Å²) in [7, 11) is -1.97. The highest BCUT2D eigenvalue weighted by Gasteiger charge is 2.31. The third-order valence-electron chi connectivity index (χ3n) is 7.41. The zero-order valence-corrected chi connectivity index (χ0v) is 23.7. The SMILES string of the molecule is COc1ccc(Nc2nc([C@@H](C)N3CCN(S(=O)(=O)c4ccc(-n5cccn5)cc4)CC3)nc3ccccc23)cc1. The van der Waals surface area contributed by atoms with Crippen LogP contribution in [-0.4, -0.2) is 70.7 Å². The van der Waals surface area contributed by atoms with Crippen LogP contribution in [0.2, 0.25) is 0 Å². The van der Waals surface area contributed by atoms with Crippen LogP contribution in [-0.2, 0) is 10.0 Å². The number of ether oxygens (including phenoxy) is 1. The Bertz CT molecular complexity index is 1730. The number of hydrogen-bond acceptors (Lipinski definition) is 8. The van der Waals surface area contributed by atoms with Crippen molar-refractivity contribution < 1.29 is 13.2 Å². The van der Waals surface area contributed by atoms with Crippen LogP contribution in [0, 0.1) is 0 Å². The monoisotopic (exact) mass is 569 g/mol. The van der Waals surface area contributed by atoms with Crippen LogP contribution >= 0.6 is 0 Å². The Kier molecular flexibility index (Phi) is 7.39. The summed E-state index contributed by atoms with van der Waals surface area (Å²) in [5, 5.41) is 8.56. The van der Waals surface area contributed by atoms with E-state index in [9.17, 15) is 8.42 Å². The fourth-order valence-corrected chi connectivity index (χ4v) is 6.45. The molecule has 2 aromatic heterocycles. The second kappa shape index (κ2) is 11.3. The van der Waals surface area contributed by atoms with E-state index in [-0.39, 0.29) is 10.9 Å². The van der Waals surface area contributed by atoms with E-state index in [4.69, 9.17) is 14.7 Å². The largest absolute Gasteiger partial charge is 0.497 e. The summed E-state index contributed by atoms with van der Waals surface area (Å²) in [4.78, 5) is 12.3. The number of nitrogens with zero attached hydrogens (tertiary/aromatic N) is 6. The standard InChI is InChI=1S/C30H31N7O3S/c1-22(29-33-28-7-4-3-6-27(28)30(34-29)32-23-8-12-25(40-2)13-9-23)35-18-20-36(21-19-35)41(38,39)26-14-10-24(11-15-26)37-17-5-16-31-37/h3-17,22H,18-21H2,1-2H3,(H,32,33,34)/t22-/m1/s1. The van der Waals surface area contributed by atoms with Gasteiger partial charge in [-0.1, -0.05) is 12.1 Å². The van der Waals surface area contributed by atoms with Gasteiger partial charge in [0, 0.05) is 49.6 Å². The lowest BCUT2D eigenvalue weighted by molar-refractivity contribution is 0.141. The summed E-state index contributed by atoms with van der Waals surface area (Å²) in [5.74, 6) is 2.19. The van der Waals surface area contributed by atoms with Gasteiger partial charge in [-0.05, 0) is 73.7 Å². The highest BCUT2D eigenvalue weighted by atomic mass is 32.2. The summed E-state index contributed by atoms with van der Waals surface area (Å²) in [5.41, 5.74) is 2.55. The van der Waals surface area contributed by atoms with Crippen molar-refractivity contribution in [2.24, 2.45) is 0 Å². The molecule has 1 N–H and O–H groups in total. The molecule has 0 bridgehead atoms. The Morgan fingerprint density at radius 3 is 2.29 bits per heavy atom. The molecule has 1 saturated heterocycles. The second-order valence-electron chi connectivity index (χ2n) is 9.86. The van der Waals surface area contributed by atoms with Gasteiger partial charge in [-0.25, -0.2) is 23.1 Å². The van der Waals surface area contributed by atoms with E-state index in [1.165, 1.54) is 0 Å². The molecule has 6 rings (SSSR count). The molecule has 0 spiro atoms. The van der Waals surface area contributed by atoms with Crippen molar-refractivity contribution in [3.63, 3.8) is 0 Å². The summed E-state index contributed by atoms with van der Waals surface area (Å²) >= 11 is 0. The number of aromatic nitrogens is 4. The number of benzene rings is 3. The summed E-state index contributed by atoms with van der Waals surface area (Å²) < 4.78 is 35.3. The Morgan fingerprint density at radius 1 is 0.878 bits per heavy atom. The van der Waals surface area contributed by atoms with Crippen molar-refractivity contribution in [3.8, 4) is 11.4 Å². The Morgan fingerprint density at radius 2 is 1.61 bits per heavy atom. The molecule has 0 amide bonds. The molecule has 10 nitrogen and oxygen atoms in total. The van der Waals surface area contributed by atoms with Gasteiger partial charge in [-0.15, -0.1) is 0 Å². The molecule has 11 heteroatoms. The van der Waals surface area contributed by atoms with Crippen molar-refractivity contribution >= 4 is 32.4 Å². The molecule has 0 aliphatic carbocycles. The van der Waals surface area contributed by atoms with Gasteiger partial charge in [0.25, 0.3) is 0 Å². The van der Waals surface area contributed by atoms with Crippen LogP contribution in [0.4, 0.5) is 11.5 Å². The van der Waals surface area contributed by atoms with Crippen molar-refractivity contribution in [3.05, 3.63) is 97.1 Å². The van der Waals surface area contributed by atoms with E-state index in [0.717, 1.165) is 33.8 Å². The van der Waals surface area contributed by atoms with Gasteiger partial charge in [0.1, 0.15) is 17.4 Å². The van der Waals surface area contributed by atoms with Gasteiger partial charge in [-0.2, -0.15) is 9.40 Å². The first-order chi connectivity index (χ1) is 19.9. The maximum absolute atomic E-state index is 13.4. The maximum atomic E-state index is 13.4. The summed E-state index contributed by atoms with van der Waals surface area (Å²) in [6.07, 6.45) is 3.51. The van der Waals surface area contributed by atoms with E-state index in [1.807, 2.05) is 60.8 Å². The predicted octanol–water partition coefficient (Wildman–Crippen LogP) is 4.64. The zero-order valence-electron chi connectivity index (χ0n) is 22.9. The molecular formula is C30H31N7O3S. The fraction of sp³-hybridized carbons (Fsp3) is 0.233. The third-order valence-corrected chi connectivity index (χ3v) is 9.32. The molecule has 1 fully saturated rings. The second-order valence-corrected chi connectivity index (χ2v) is 11.8. The number of sulfonamides is 1. The normalized spacial score (nSPS) is 15.6. The quantitative estimate of drug-likeness (QED) is 0.288. The molecule has 210 valence electrons. The number of anilines is 2. The molecule has 5 aromatic rings. The number of piperazine rings is 1. The molecule has 3 aromatic carbocycles. The molecule has 1 aliphatic rings. The number of methoxy groups -OCH3 is 1. The van der Waals surface area contributed by atoms with Crippen LogP contribution in [0.1, 0.15) is 18.8 Å². The average Bonchev–Trinajstić information content (AvgIpc) is 3.56. The number of nitrogens with one attached hydrogen (secondary N) is 1. The van der Waals surface area contributed by atoms with Gasteiger partial charge < -0.3 is 10.1 Å². The van der Waals surface area contributed by atoms with Gasteiger partial charge in [-0.3, -0.25) is 4.90 Å². The molecule has 0 saturated carbocycles. The van der Waals surface area contributed by atoms with Gasteiger partial charge >= 0.3 is 0 Å². The Balaban J connectivity index is 1.17. The first kappa shape index (κ1) is 26.9. The van der Waals surface area contributed by atoms with E-state index >= 15 is 0 Å². The predicted molar refractivity (Wildman–Crippen MR) is 158 cm³/mol. The third kappa shape index (κ3) is 5.51. The lowest BCUT2D eigenvalue weighted by Crippen LogP contribution is -2.49. The lowest BCUT2D eigenvalue weighted by atomic mass is 10.2. The number of hydrogen-bond donors (Lipinski definition) is 1. The van der Waals surface area contributed by atoms with Crippen molar-refractivity contribution in [2.75, 3.05) is 38.6 Å². The van der Waals surface area contributed by atoms with Crippen LogP contribution in [0.15, 0.2) is 96.2 Å². The molecule has 0 radical (unpaired) electrons. The lowest BCUT2D eigenvalue weighted by Gasteiger charge is -2.36. The van der Waals surface area contributed by atoms with E-state index < -0.39 is 10.0 Å². The van der Waals surface area contributed by atoms with E-state index in [1.54, 1.807) is 46.6 Å². The van der Waals surface area contributed by atoms with Gasteiger partial charge in [0.2, 0.25) is 10.0 Å². The van der Waals surface area contributed by atoms with Crippen molar-refractivity contribution in [1.82, 2.24) is 29.0 Å². The molecule has 41 heavy (non-hydrogen) atoms. The summed E-state index contributed by atoms with van der Waals surface area (Å²) in [6, 6.07) is 24.2. The minimum atomic E-state index is -3.61. The van der Waals surface area contributed by atoms with E-state index in [2.05, 4.69) is 22.2 Å². The molecule has 1 atom stereocenters. The van der Waals surface area contributed by atoms with Gasteiger partial charge in [0.05, 0.1) is 29.3 Å². The first-order valence-electron chi connectivity index (χ1n) is 13.4. The van der Waals surface area contributed by atoms with E-state index in [0.29, 0.717) is 32.0 Å². The Labute approximate surface area is 239 Å². The fourth-order valence-electron chi connectivity index (χ4n) is 5.02. The van der Waals surface area contributed by atoms with Crippen LogP contribution in [0.3, 0.4) is 0 Å². The molecular weight excluding hydrogens is 538 g/mol. The smallest absolute Gasteiger partial charge is 0.243 e. The highest BCUT2D eigenvalue weighted by Crippen LogP contribution is 2.29. The highest BCUT2D eigenvalue weighted by molar-refractivity contribution is 7.89. The molecule has 0 unspecified atom stereocenters. The number of fused-ring (bicyclic) bond motifs is 1. The van der Waals surface area contributed by atoms with Crippen LogP contribution in [0.25, 0.3) is 16.6 Å². The van der Waals surface area contributed by atoms with Crippen molar-refractivity contribution in [1.29, 1.82) is 0 Å². The van der Waals surface area contributed by atoms with Gasteiger partial charge in [0.15, 0.2) is 0 Å². The number of para-hydroxylation sites is 1. The molecule has 3 heterocycles. The maximum Gasteiger partial charge on any atom is 0.243 e. The van der Waals surface area contributed by atoms with Crippen LogP contribution < -0.4 is 10.1 Å². The first-order valence-corrected chi connectivity index (χ1v) is 14.9. The van der Waals surface area contributed by atoms with Crippen molar-refractivity contribution in [2.45, 2.75) is 17.9 Å².